The zero-order valence-electron chi connectivity index (χ0n) is 17.8. The van der Waals surface area contributed by atoms with Crippen molar-refractivity contribution in [3.63, 3.8) is 0 Å². The molecule has 0 radical (unpaired) electrons. The van der Waals surface area contributed by atoms with Crippen LogP contribution in [0, 0.1) is 0 Å². The van der Waals surface area contributed by atoms with Gasteiger partial charge in [-0.1, -0.05) is 18.2 Å². The molecule has 3 heterocycles. The average Bonchev–Trinajstić information content (AvgIpc) is 3.38. The molecule has 3 aromatic rings. The Labute approximate surface area is 181 Å². The van der Waals surface area contributed by atoms with Crippen molar-refractivity contribution in [2.24, 2.45) is 7.05 Å². The second-order valence-electron chi connectivity index (χ2n) is 8.47. The average molecular weight is 421 g/mol. The number of benzene rings is 1. The number of H-pyrrole nitrogens is 1. The molecule has 162 valence electrons. The first-order chi connectivity index (χ1) is 15.1. The number of nitrogens with zero attached hydrogens (tertiary/aromatic N) is 4. The molecule has 2 aromatic heterocycles. The highest BCUT2D eigenvalue weighted by Gasteiger charge is 2.29. The molecular formula is C23H28N6O2. The van der Waals surface area contributed by atoms with Crippen molar-refractivity contribution in [2.45, 2.75) is 31.7 Å². The summed E-state index contributed by atoms with van der Waals surface area (Å²) in [7, 11) is 1.95. The SMILES string of the molecule is Cn1ncc2c1CCC[C@H]2NC(=O)N1CCN(C(=O)Cc2c[nH]c3ccccc23)CC1. The number of carbonyl (C=O) groups excluding carboxylic acids is 2. The molecule has 8 nitrogen and oxygen atoms in total. The predicted octanol–water partition coefficient (Wildman–Crippen LogP) is 2.38. The minimum absolute atomic E-state index is 0.0199. The molecule has 8 heteroatoms. The fourth-order valence-electron chi connectivity index (χ4n) is 4.81. The molecule has 1 aliphatic heterocycles. The molecule has 0 unspecified atom stereocenters. The maximum atomic E-state index is 12.8. The number of urea groups is 1. The number of carbonyl (C=O) groups is 2. The molecular weight excluding hydrogens is 392 g/mol. The van der Waals surface area contributed by atoms with E-state index in [2.05, 4.69) is 15.4 Å². The van der Waals surface area contributed by atoms with Crippen LogP contribution in [0.1, 0.15) is 35.7 Å². The highest BCUT2D eigenvalue weighted by Crippen LogP contribution is 2.29. The van der Waals surface area contributed by atoms with E-state index in [0.717, 1.165) is 41.3 Å². The summed E-state index contributed by atoms with van der Waals surface area (Å²) in [5.41, 5.74) is 4.41. The van der Waals surface area contributed by atoms with Crippen LogP contribution in [0.3, 0.4) is 0 Å². The molecule has 5 rings (SSSR count). The molecule has 0 bridgehead atoms. The van der Waals surface area contributed by atoms with Crippen LogP contribution in [0.25, 0.3) is 10.9 Å². The molecule has 1 saturated heterocycles. The van der Waals surface area contributed by atoms with Crippen molar-refractivity contribution in [2.75, 3.05) is 26.2 Å². The quantitative estimate of drug-likeness (QED) is 0.682. The topological polar surface area (TPSA) is 86.3 Å². The van der Waals surface area contributed by atoms with E-state index in [1.165, 1.54) is 5.69 Å². The number of aryl methyl sites for hydroxylation is 1. The number of nitrogens with one attached hydrogen (secondary N) is 2. The summed E-state index contributed by atoms with van der Waals surface area (Å²) in [6.45, 7) is 2.24. The largest absolute Gasteiger partial charge is 0.361 e. The lowest BCUT2D eigenvalue weighted by molar-refractivity contribution is -0.131. The molecule has 0 spiro atoms. The van der Waals surface area contributed by atoms with Crippen LogP contribution in [0.2, 0.25) is 0 Å². The second-order valence-corrected chi connectivity index (χ2v) is 8.47. The van der Waals surface area contributed by atoms with Crippen LogP contribution >= 0.6 is 0 Å². The summed E-state index contributed by atoms with van der Waals surface area (Å²) < 4.78 is 1.91. The molecule has 2 N–H and O–H groups in total. The summed E-state index contributed by atoms with van der Waals surface area (Å²) in [5, 5.41) is 8.63. The third-order valence-corrected chi connectivity index (χ3v) is 6.61. The zero-order valence-corrected chi connectivity index (χ0v) is 17.8. The Morgan fingerprint density at radius 2 is 1.94 bits per heavy atom. The van der Waals surface area contributed by atoms with Crippen LogP contribution < -0.4 is 5.32 Å². The third kappa shape index (κ3) is 3.78. The first kappa shape index (κ1) is 19.7. The van der Waals surface area contributed by atoms with E-state index < -0.39 is 0 Å². The third-order valence-electron chi connectivity index (χ3n) is 6.61. The minimum atomic E-state index is -0.0505. The Morgan fingerprint density at radius 1 is 1.16 bits per heavy atom. The van der Waals surface area contributed by atoms with Gasteiger partial charge in [-0.3, -0.25) is 9.48 Å². The van der Waals surface area contributed by atoms with Gasteiger partial charge in [-0.25, -0.2) is 4.79 Å². The zero-order chi connectivity index (χ0) is 21.4. The van der Waals surface area contributed by atoms with Gasteiger partial charge in [0.1, 0.15) is 0 Å². The molecule has 1 fully saturated rings. The first-order valence-electron chi connectivity index (χ1n) is 11.0. The number of hydrogen-bond donors (Lipinski definition) is 2. The van der Waals surface area contributed by atoms with Crippen molar-refractivity contribution in [1.82, 2.24) is 29.9 Å². The highest BCUT2D eigenvalue weighted by molar-refractivity contribution is 5.89. The Kier molecular flexibility index (Phi) is 5.13. The smallest absolute Gasteiger partial charge is 0.318 e. The van der Waals surface area contributed by atoms with E-state index in [9.17, 15) is 9.59 Å². The summed E-state index contributed by atoms with van der Waals surface area (Å²) in [5.74, 6) is 0.108. The van der Waals surface area contributed by atoms with E-state index in [1.807, 2.05) is 58.2 Å². The Morgan fingerprint density at radius 3 is 2.77 bits per heavy atom. The normalized spacial score (nSPS) is 18.8. The van der Waals surface area contributed by atoms with Crippen LogP contribution in [-0.2, 0) is 24.7 Å². The standard InChI is InChI=1S/C23H28N6O2/c1-27-21-8-4-7-20(18(21)15-25-27)26-23(31)29-11-9-28(10-12-29)22(30)13-16-14-24-19-6-3-2-5-17(16)19/h2-3,5-6,14-15,20,24H,4,7-13H2,1H3,(H,26,31)/t20-/m1/s1. The molecule has 1 aromatic carbocycles. The van der Waals surface area contributed by atoms with E-state index in [-0.39, 0.29) is 18.0 Å². The van der Waals surface area contributed by atoms with Crippen molar-refractivity contribution < 1.29 is 9.59 Å². The van der Waals surface area contributed by atoms with Crippen LogP contribution in [0.5, 0.6) is 0 Å². The van der Waals surface area contributed by atoms with Crippen molar-refractivity contribution >= 4 is 22.8 Å². The van der Waals surface area contributed by atoms with Crippen molar-refractivity contribution in [1.29, 1.82) is 0 Å². The summed E-state index contributed by atoms with van der Waals surface area (Å²) in [6.07, 6.45) is 7.17. The summed E-state index contributed by atoms with van der Waals surface area (Å²) in [6, 6.07) is 7.99. The maximum Gasteiger partial charge on any atom is 0.318 e. The number of fused-ring (bicyclic) bond motifs is 2. The van der Waals surface area contributed by atoms with Gasteiger partial charge in [0.25, 0.3) is 0 Å². The van der Waals surface area contributed by atoms with Crippen LogP contribution in [0.15, 0.2) is 36.7 Å². The molecule has 0 saturated carbocycles. The number of rotatable bonds is 3. The fraction of sp³-hybridized carbons (Fsp3) is 0.435. The number of hydrogen-bond acceptors (Lipinski definition) is 3. The van der Waals surface area contributed by atoms with Gasteiger partial charge in [-0.05, 0) is 30.9 Å². The highest BCUT2D eigenvalue weighted by atomic mass is 16.2. The van der Waals surface area contributed by atoms with E-state index >= 15 is 0 Å². The van der Waals surface area contributed by atoms with Gasteiger partial charge < -0.3 is 20.1 Å². The van der Waals surface area contributed by atoms with Gasteiger partial charge in [0.05, 0.1) is 18.7 Å². The van der Waals surface area contributed by atoms with Gasteiger partial charge in [0, 0.05) is 61.6 Å². The van der Waals surface area contributed by atoms with Crippen LogP contribution in [-0.4, -0.2) is 62.7 Å². The number of piperazine rings is 1. The molecule has 3 amide bonds. The van der Waals surface area contributed by atoms with Gasteiger partial charge in [-0.15, -0.1) is 0 Å². The lowest BCUT2D eigenvalue weighted by Crippen LogP contribution is -2.54. The molecule has 1 atom stereocenters. The molecule has 1 aliphatic carbocycles. The maximum absolute atomic E-state index is 12.8. The lowest BCUT2D eigenvalue weighted by atomic mass is 9.93. The van der Waals surface area contributed by atoms with Crippen molar-refractivity contribution in [3.05, 3.63) is 53.5 Å². The van der Waals surface area contributed by atoms with E-state index in [1.54, 1.807) is 0 Å². The predicted molar refractivity (Wildman–Crippen MR) is 118 cm³/mol. The Balaban J connectivity index is 1.16. The molecule has 31 heavy (non-hydrogen) atoms. The monoisotopic (exact) mass is 420 g/mol. The van der Waals surface area contributed by atoms with Crippen molar-refractivity contribution in [3.8, 4) is 0 Å². The number of aromatic amines is 1. The molecule has 2 aliphatic rings. The van der Waals surface area contributed by atoms with Gasteiger partial charge in [0.2, 0.25) is 5.91 Å². The van der Waals surface area contributed by atoms with Crippen LogP contribution in [0.4, 0.5) is 4.79 Å². The van der Waals surface area contributed by atoms with Gasteiger partial charge in [-0.2, -0.15) is 5.10 Å². The fourth-order valence-corrected chi connectivity index (χ4v) is 4.81. The first-order valence-corrected chi connectivity index (χ1v) is 11.0. The lowest BCUT2D eigenvalue weighted by Gasteiger charge is -2.36. The van der Waals surface area contributed by atoms with Gasteiger partial charge >= 0.3 is 6.03 Å². The number of aromatic nitrogens is 3. The Bertz CT molecular complexity index is 1110. The second kappa shape index (κ2) is 8.09. The summed E-state index contributed by atoms with van der Waals surface area (Å²) >= 11 is 0. The Hall–Kier alpha value is -3.29. The summed E-state index contributed by atoms with van der Waals surface area (Å²) in [4.78, 5) is 32.6. The minimum Gasteiger partial charge on any atom is -0.361 e. The number of para-hydroxylation sites is 1. The van der Waals surface area contributed by atoms with E-state index in [0.29, 0.717) is 32.6 Å². The van der Waals surface area contributed by atoms with E-state index in [4.69, 9.17) is 0 Å². The van der Waals surface area contributed by atoms with Gasteiger partial charge in [0.15, 0.2) is 0 Å². The number of amides is 3.